The van der Waals surface area contributed by atoms with Gasteiger partial charge in [-0.2, -0.15) is 0 Å². The smallest absolute Gasteiger partial charge is 0.225 e. The van der Waals surface area contributed by atoms with E-state index in [-0.39, 0.29) is 5.91 Å². The van der Waals surface area contributed by atoms with Gasteiger partial charge in [-0.3, -0.25) is 9.69 Å². The second-order valence-electron chi connectivity index (χ2n) is 5.20. The van der Waals surface area contributed by atoms with Crippen molar-refractivity contribution < 1.29 is 4.79 Å². The van der Waals surface area contributed by atoms with Crippen LogP contribution in [0.5, 0.6) is 0 Å². The van der Waals surface area contributed by atoms with E-state index in [1.165, 1.54) is 10.4 Å². The van der Waals surface area contributed by atoms with Crippen molar-refractivity contribution in [2.75, 3.05) is 18.4 Å². The third-order valence-corrected chi connectivity index (χ3v) is 5.22. The Morgan fingerprint density at radius 3 is 2.90 bits per heavy atom. The van der Waals surface area contributed by atoms with Gasteiger partial charge in [0.15, 0.2) is 0 Å². The topological polar surface area (TPSA) is 32.3 Å². The average molecular weight is 365 g/mol. The molecule has 1 aromatic heterocycles. The maximum absolute atomic E-state index is 12.0. The number of benzene rings is 1. The van der Waals surface area contributed by atoms with E-state index in [0.29, 0.717) is 6.42 Å². The Balaban J connectivity index is 1.47. The number of hydrogen-bond acceptors (Lipinski definition) is 3. The molecule has 0 saturated heterocycles. The van der Waals surface area contributed by atoms with E-state index in [9.17, 15) is 4.79 Å². The van der Waals surface area contributed by atoms with Crippen molar-refractivity contribution in [2.24, 2.45) is 0 Å². The summed E-state index contributed by atoms with van der Waals surface area (Å²) in [7, 11) is 0. The van der Waals surface area contributed by atoms with Gasteiger partial charge in [-0.1, -0.05) is 15.9 Å². The van der Waals surface area contributed by atoms with Crippen LogP contribution in [0.2, 0.25) is 0 Å². The molecule has 0 spiro atoms. The van der Waals surface area contributed by atoms with Gasteiger partial charge in [0.1, 0.15) is 0 Å². The first-order valence-corrected chi connectivity index (χ1v) is 8.71. The summed E-state index contributed by atoms with van der Waals surface area (Å²) in [5.74, 6) is 0.0773. The molecule has 1 aliphatic rings. The number of fused-ring (bicyclic) bond motifs is 1. The molecule has 1 amide bonds. The van der Waals surface area contributed by atoms with Gasteiger partial charge in [0.05, 0.1) is 0 Å². The van der Waals surface area contributed by atoms with Gasteiger partial charge in [-0.15, -0.1) is 11.3 Å². The number of anilines is 1. The minimum atomic E-state index is 0.0773. The minimum absolute atomic E-state index is 0.0773. The fraction of sp³-hybridized carbons (Fsp3) is 0.312. The standard InChI is InChI=1S/C16H17BrN2OS/c17-13-1-3-14(4-2-13)18-16(20)6-9-19-8-5-15-12(11-19)7-10-21-15/h1-4,7,10H,5-6,8-9,11H2,(H,18,20). The van der Waals surface area contributed by atoms with E-state index in [1.807, 2.05) is 35.6 Å². The lowest BCUT2D eigenvalue weighted by atomic mass is 10.1. The first-order valence-electron chi connectivity index (χ1n) is 7.04. The molecule has 0 saturated carbocycles. The van der Waals surface area contributed by atoms with Crippen LogP contribution in [0.1, 0.15) is 16.9 Å². The molecule has 0 bridgehead atoms. The SMILES string of the molecule is O=C(CCN1CCc2sccc2C1)Nc1ccc(Br)cc1. The molecule has 0 atom stereocenters. The molecule has 21 heavy (non-hydrogen) atoms. The molecule has 110 valence electrons. The molecule has 0 fully saturated rings. The van der Waals surface area contributed by atoms with Gasteiger partial charge in [-0.25, -0.2) is 0 Å². The van der Waals surface area contributed by atoms with Crippen molar-refractivity contribution >= 4 is 38.9 Å². The van der Waals surface area contributed by atoms with Gasteiger partial charge in [0, 0.05) is 41.1 Å². The zero-order chi connectivity index (χ0) is 14.7. The number of halogens is 1. The minimum Gasteiger partial charge on any atom is -0.326 e. The zero-order valence-electron chi connectivity index (χ0n) is 11.6. The molecule has 2 heterocycles. The highest BCUT2D eigenvalue weighted by Crippen LogP contribution is 2.24. The van der Waals surface area contributed by atoms with Gasteiger partial charge in [0.25, 0.3) is 0 Å². The summed E-state index contributed by atoms with van der Waals surface area (Å²) in [5, 5.41) is 5.10. The Morgan fingerprint density at radius 1 is 1.29 bits per heavy atom. The number of thiophene rings is 1. The molecule has 0 unspecified atom stereocenters. The van der Waals surface area contributed by atoms with Crippen LogP contribution in [-0.4, -0.2) is 23.9 Å². The predicted octanol–water partition coefficient (Wildman–Crippen LogP) is 3.90. The second-order valence-corrected chi connectivity index (χ2v) is 7.12. The summed E-state index contributed by atoms with van der Waals surface area (Å²) >= 11 is 5.23. The van der Waals surface area contributed by atoms with E-state index in [4.69, 9.17) is 0 Å². The van der Waals surface area contributed by atoms with E-state index in [1.54, 1.807) is 0 Å². The monoisotopic (exact) mass is 364 g/mol. The lowest BCUT2D eigenvalue weighted by Gasteiger charge is -2.26. The Morgan fingerprint density at radius 2 is 2.10 bits per heavy atom. The highest BCUT2D eigenvalue weighted by atomic mass is 79.9. The lowest BCUT2D eigenvalue weighted by molar-refractivity contribution is -0.116. The molecule has 3 nitrogen and oxygen atoms in total. The average Bonchev–Trinajstić information content (AvgIpc) is 2.95. The number of carbonyl (C=O) groups is 1. The van der Waals surface area contributed by atoms with Crippen LogP contribution in [0.25, 0.3) is 0 Å². The van der Waals surface area contributed by atoms with Gasteiger partial charge in [-0.05, 0) is 47.7 Å². The number of nitrogens with zero attached hydrogens (tertiary/aromatic N) is 1. The summed E-state index contributed by atoms with van der Waals surface area (Å²) in [5.41, 5.74) is 2.28. The quantitative estimate of drug-likeness (QED) is 0.892. The Kier molecular flexibility index (Phi) is 4.73. The number of hydrogen-bond donors (Lipinski definition) is 1. The molecular weight excluding hydrogens is 348 g/mol. The number of nitrogens with one attached hydrogen (secondary N) is 1. The van der Waals surface area contributed by atoms with Crippen molar-refractivity contribution in [2.45, 2.75) is 19.4 Å². The molecular formula is C16H17BrN2OS. The molecule has 0 radical (unpaired) electrons. The number of amides is 1. The summed E-state index contributed by atoms with van der Waals surface area (Å²) in [6.45, 7) is 2.85. The van der Waals surface area contributed by atoms with Gasteiger partial charge in [0.2, 0.25) is 5.91 Å². The Bertz CT molecular complexity index is 623. The second kappa shape index (κ2) is 6.73. The van der Waals surface area contributed by atoms with Crippen molar-refractivity contribution in [3.05, 3.63) is 50.6 Å². The van der Waals surface area contributed by atoms with Crippen molar-refractivity contribution in [1.82, 2.24) is 4.90 Å². The molecule has 1 N–H and O–H groups in total. The van der Waals surface area contributed by atoms with E-state index < -0.39 is 0 Å². The maximum atomic E-state index is 12.0. The van der Waals surface area contributed by atoms with Crippen molar-refractivity contribution in [3.63, 3.8) is 0 Å². The highest BCUT2D eigenvalue weighted by Gasteiger charge is 2.17. The van der Waals surface area contributed by atoms with E-state index >= 15 is 0 Å². The zero-order valence-corrected chi connectivity index (χ0v) is 14.0. The van der Waals surface area contributed by atoms with Crippen LogP contribution in [0.15, 0.2) is 40.2 Å². The first-order chi connectivity index (χ1) is 10.2. The third kappa shape index (κ3) is 3.93. The molecule has 3 rings (SSSR count). The Labute approximate surface area is 137 Å². The van der Waals surface area contributed by atoms with Gasteiger partial charge >= 0.3 is 0 Å². The lowest BCUT2D eigenvalue weighted by Crippen LogP contribution is -2.32. The van der Waals surface area contributed by atoms with Crippen molar-refractivity contribution in [3.8, 4) is 0 Å². The molecule has 1 aliphatic heterocycles. The molecule has 1 aromatic carbocycles. The van der Waals surface area contributed by atoms with Crippen LogP contribution in [0, 0.1) is 0 Å². The number of carbonyl (C=O) groups excluding carboxylic acids is 1. The molecule has 0 aliphatic carbocycles. The largest absolute Gasteiger partial charge is 0.326 e. The summed E-state index contributed by atoms with van der Waals surface area (Å²) in [6.07, 6.45) is 1.65. The Hall–Kier alpha value is -1.17. The normalized spacial score (nSPS) is 14.7. The summed E-state index contributed by atoms with van der Waals surface area (Å²) in [6, 6.07) is 9.87. The fourth-order valence-corrected chi connectivity index (χ4v) is 3.67. The van der Waals surface area contributed by atoms with Crippen LogP contribution >= 0.6 is 27.3 Å². The predicted molar refractivity (Wildman–Crippen MR) is 90.7 cm³/mol. The van der Waals surface area contributed by atoms with Crippen LogP contribution in [-0.2, 0) is 17.8 Å². The van der Waals surface area contributed by atoms with Crippen LogP contribution in [0.4, 0.5) is 5.69 Å². The van der Waals surface area contributed by atoms with Crippen LogP contribution < -0.4 is 5.32 Å². The third-order valence-electron chi connectivity index (χ3n) is 3.67. The van der Waals surface area contributed by atoms with Gasteiger partial charge < -0.3 is 5.32 Å². The number of rotatable bonds is 4. The summed E-state index contributed by atoms with van der Waals surface area (Å²) in [4.78, 5) is 15.9. The van der Waals surface area contributed by atoms with E-state index in [2.05, 4.69) is 37.6 Å². The molecule has 2 aromatic rings. The van der Waals surface area contributed by atoms with Crippen LogP contribution in [0.3, 0.4) is 0 Å². The van der Waals surface area contributed by atoms with Crippen molar-refractivity contribution in [1.29, 1.82) is 0 Å². The fourth-order valence-electron chi connectivity index (χ4n) is 2.51. The first kappa shape index (κ1) is 14.8. The highest BCUT2D eigenvalue weighted by molar-refractivity contribution is 9.10. The molecule has 5 heteroatoms. The maximum Gasteiger partial charge on any atom is 0.225 e. The van der Waals surface area contributed by atoms with E-state index in [0.717, 1.165) is 36.2 Å². The summed E-state index contributed by atoms with van der Waals surface area (Å²) < 4.78 is 1.01.